The lowest BCUT2D eigenvalue weighted by molar-refractivity contribution is -0.358. The summed E-state index contributed by atoms with van der Waals surface area (Å²) < 4.78 is 27.1. The van der Waals surface area contributed by atoms with Crippen LogP contribution in [0.5, 0.6) is 5.75 Å². The lowest BCUT2D eigenvalue weighted by atomic mass is 9.98. The van der Waals surface area contributed by atoms with Crippen LogP contribution in [0.25, 0.3) is 0 Å². The first-order valence-electron chi connectivity index (χ1n) is 7.09. The van der Waals surface area contributed by atoms with E-state index in [2.05, 4.69) is 0 Å². The summed E-state index contributed by atoms with van der Waals surface area (Å²) in [6, 6.07) is 7.26. The third-order valence-corrected chi connectivity index (χ3v) is 3.95. The van der Waals surface area contributed by atoms with Crippen LogP contribution in [-0.2, 0) is 18.9 Å². The van der Waals surface area contributed by atoms with E-state index in [1.165, 1.54) is 7.11 Å². The highest BCUT2D eigenvalue weighted by molar-refractivity contribution is 5.28. The zero-order chi connectivity index (χ0) is 15.7. The fourth-order valence-corrected chi connectivity index (χ4v) is 2.70. The molecule has 6 atom stereocenters. The van der Waals surface area contributed by atoms with Gasteiger partial charge in [-0.05, 0) is 12.1 Å². The van der Waals surface area contributed by atoms with E-state index in [0.717, 1.165) is 11.3 Å². The van der Waals surface area contributed by atoms with E-state index in [1.807, 2.05) is 12.1 Å². The largest absolute Gasteiger partial charge is 0.497 e. The Bertz CT molecular complexity index is 489. The molecule has 0 bridgehead atoms. The Hall–Kier alpha value is -1.22. The van der Waals surface area contributed by atoms with E-state index in [4.69, 9.17) is 23.7 Å². The lowest BCUT2D eigenvalue weighted by Crippen LogP contribution is -2.62. The molecule has 1 aromatic rings. The van der Waals surface area contributed by atoms with Crippen LogP contribution in [0.2, 0.25) is 0 Å². The molecule has 0 radical (unpaired) electrons. The van der Waals surface area contributed by atoms with Gasteiger partial charge < -0.3 is 33.9 Å². The van der Waals surface area contributed by atoms with Crippen molar-refractivity contribution in [1.29, 1.82) is 0 Å². The van der Waals surface area contributed by atoms with Gasteiger partial charge in [0.2, 0.25) is 0 Å². The van der Waals surface area contributed by atoms with Crippen LogP contribution in [0, 0.1) is 0 Å². The zero-order valence-electron chi connectivity index (χ0n) is 12.4. The fraction of sp³-hybridized carbons (Fsp3) is 0.600. The van der Waals surface area contributed by atoms with E-state index in [0.29, 0.717) is 0 Å². The van der Waals surface area contributed by atoms with Gasteiger partial charge in [0.1, 0.15) is 30.2 Å². The van der Waals surface area contributed by atoms with E-state index in [1.54, 1.807) is 19.2 Å². The van der Waals surface area contributed by atoms with Gasteiger partial charge in [-0.3, -0.25) is 0 Å². The molecule has 7 nitrogen and oxygen atoms in total. The van der Waals surface area contributed by atoms with Gasteiger partial charge in [-0.25, -0.2) is 0 Å². The predicted octanol–water partition coefficient (Wildman–Crippen LogP) is 0.202. The van der Waals surface area contributed by atoms with Crippen molar-refractivity contribution in [2.75, 3.05) is 20.8 Å². The maximum atomic E-state index is 10.2. The average Bonchev–Trinajstić information content (AvgIpc) is 2.58. The molecule has 2 heterocycles. The number of rotatable bonds is 3. The SMILES string of the molecule is COc1ccc(C2OC[C@H]3OC(OC)[C@H](O)[C@@H](O)[C@@H]3O2)cc1. The third kappa shape index (κ3) is 2.83. The molecule has 2 aliphatic heterocycles. The molecule has 0 saturated carbocycles. The maximum Gasteiger partial charge on any atom is 0.186 e. The highest BCUT2D eigenvalue weighted by Gasteiger charge is 2.48. The molecule has 2 fully saturated rings. The number of fused-ring (bicyclic) bond motifs is 1. The van der Waals surface area contributed by atoms with E-state index >= 15 is 0 Å². The lowest BCUT2D eigenvalue weighted by Gasteiger charge is -2.45. The van der Waals surface area contributed by atoms with Crippen molar-refractivity contribution in [3.63, 3.8) is 0 Å². The van der Waals surface area contributed by atoms with Gasteiger partial charge in [-0.2, -0.15) is 0 Å². The van der Waals surface area contributed by atoms with Crippen LogP contribution in [0.3, 0.4) is 0 Å². The minimum Gasteiger partial charge on any atom is -0.497 e. The van der Waals surface area contributed by atoms with Crippen molar-refractivity contribution in [2.45, 2.75) is 37.0 Å². The summed E-state index contributed by atoms with van der Waals surface area (Å²) in [5.74, 6) is 0.733. The van der Waals surface area contributed by atoms with Gasteiger partial charge >= 0.3 is 0 Å². The van der Waals surface area contributed by atoms with Crippen molar-refractivity contribution in [3.8, 4) is 5.75 Å². The molecule has 2 unspecified atom stereocenters. The van der Waals surface area contributed by atoms with E-state index in [-0.39, 0.29) is 6.61 Å². The van der Waals surface area contributed by atoms with Crippen LogP contribution in [-0.4, -0.2) is 61.7 Å². The summed E-state index contributed by atoms with van der Waals surface area (Å²) in [5.41, 5.74) is 0.801. The average molecular weight is 312 g/mol. The summed E-state index contributed by atoms with van der Waals surface area (Å²) in [6.45, 7) is 0.241. The van der Waals surface area contributed by atoms with Gasteiger partial charge in [0.25, 0.3) is 0 Å². The Kier molecular flexibility index (Phi) is 4.62. The van der Waals surface area contributed by atoms with Gasteiger partial charge in [0.15, 0.2) is 12.6 Å². The second-order valence-corrected chi connectivity index (χ2v) is 5.30. The van der Waals surface area contributed by atoms with Crippen LogP contribution >= 0.6 is 0 Å². The monoisotopic (exact) mass is 312 g/mol. The van der Waals surface area contributed by atoms with Crippen LogP contribution in [0.4, 0.5) is 0 Å². The molecule has 22 heavy (non-hydrogen) atoms. The Morgan fingerprint density at radius 2 is 1.77 bits per heavy atom. The molecule has 1 aromatic carbocycles. The number of ether oxygens (including phenoxy) is 5. The zero-order valence-corrected chi connectivity index (χ0v) is 12.4. The normalized spacial score (nSPS) is 38.4. The second kappa shape index (κ2) is 6.49. The Morgan fingerprint density at radius 3 is 2.41 bits per heavy atom. The molecule has 0 aromatic heterocycles. The topological polar surface area (TPSA) is 86.6 Å². The van der Waals surface area contributed by atoms with Crippen LogP contribution in [0.15, 0.2) is 24.3 Å². The minimum atomic E-state index is -1.17. The molecule has 3 rings (SSSR count). The molecule has 2 aliphatic rings. The van der Waals surface area contributed by atoms with Gasteiger partial charge in [-0.15, -0.1) is 0 Å². The first kappa shape index (κ1) is 15.7. The summed E-state index contributed by atoms with van der Waals surface area (Å²) in [4.78, 5) is 0. The second-order valence-electron chi connectivity index (χ2n) is 5.30. The molecule has 2 saturated heterocycles. The smallest absolute Gasteiger partial charge is 0.186 e. The maximum absolute atomic E-state index is 10.2. The highest BCUT2D eigenvalue weighted by Crippen LogP contribution is 2.34. The van der Waals surface area contributed by atoms with Crippen molar-refractivity contribution < 1.29 is 33.9 Å². The molecule has 122 valence electrons. The highest BCUT2D eigenvalue weighted by atomic mass is 16.7. The first-order valence-corrected chi connectivity index (χ1v) is 7.09. The quantitative estimate of drug-likeness (QED) is 0.824. The summed E-state index contributed by atoms with van der Waals surface area (Å²) >= 11 is 0. The van der Waals surface area contributed by atoms with Gasteiger partial charge in [-0.1, -0.05) is 12.1 Å². The van der Waals surface area contributed by atoms with Crippen molar-refractivity contribution in [2.24, 2.45) is 0 Å². The number of hydrogen-bond acceptors (Lipinski definition) is 7. The standard InChI is InChI=1S/C15H20O7/c1-18-9-5-3-8(4-6-9)14-20-7-10-13(22-14)11(16)12(17)15(19-2)21-10/h3-6,10-17H,7H2,1-2H3/t10-,11-,12-,13-,14?,15?/m1/s1. The van der Waals surface area contributed by atoms with E-state index < -0.39 is 37.0 Å². The summed E-state index contributed by atoms with van der Waals surface area (Å²) in [6.07, 6.45) is -4.95. The predicted molar refractivity (Wildman–Crippen MR) is 74.2 cm³/mol. The molecule has 0 aliphatic carbocycles. The van der Waals surface area contributed by atoms with Crippen LogP contribution in [0.1, 0.15) is 11.9 Å². The molecule has 7 heteroatoms. The van der Waals surface area contributed by atoms with Gasteiger partial charge in [0.05, 0.1) is 13.7 Å². The number of aliphatic hydroxyl groups is 2. The van der Waals surface area contributed by atoms with Crippen molar-refractivity contribution >= 4 is 0 Å². The van der Waals surface area contributed by atoms with Crippen molar-refractivity contribution in [3.05, 3.63) is 29.8 Å². The first-order chi connectivity index (χ1) is 10.6. The third-order valence-electron chi connectivity index (χ3n) is 3.95. The number of methoxy groups -OCH3 is 2. The Morgan fingerprint density at radius 1 is 1.05 bits per heavy atom. The number of hydrogen-bond donors (Lipinski definition) is 2. The molecule has 2 N–H and O–H groups in total. The molecule has 0 spiro atoms. The molecular weight excluding hydrogens is 292 g/mol. The van der Waals surface area contributed by atoms with E-state index in [9.17, 15) is 10.2 Å². The van der Waals surface area contributed by atoms with Gasteiger partial charge in [0, 0.05) is 12.7 Å². The number of aliphatic hydroxyl groups excluding tert-OH is 2. The summed E-state index contributed by atoms with van der Waals surface area (Å²) in [5, 5.41) is 20.2. The number of benzene rings is 1. The van der Waals surface area contributed by atoms with Crippen LogP contribution < -0.4 is 4.74 Å². The summed E-state index contributed by atoms with van der Waals surface area (Å²) in [7, 11) is 3.00. The fourth-order valence-electron chi connectivity index (χ4n) is 2.70. The Labute approximate surface area is 128 Å². The minimum absolute atomic E-state index is 0.241. The molecule has 0 amide bonds. The molecular formula is C15H20O7. The Balaban J connectivity index is 1.72. The van der Waals surface area contributed by atoms with Crippen molar-refractivity contribution in [1.82, 2.24) is 0 Å².